The van der Waals surface area contributed by atoms with Crippen LogP contribution in [-0.4, -0.2) is 43.0 Å². The maximum absolute atomic E-state index is 13.4. The summed E-state index contributed by atoms with van der Waals surface area (Å²) in [5.41, 5.74) is 0. The molecular weight excluding hydrogens is 174 g/mol. The van der Waals surface area contributed by atoms with Crippen LogP contribution >= 0.6 is 0 Å². The number of rotatable bonds is 2. The van der Waals surface area contributed by atoms with Crippen molar-refractivity contribution >= 4 is 0 Å². The second kappa shape index (κ2) is 3.17. The predicted octanol–water partition coefficient (Wildman–Crippen LogP) is 1.08. The maximum atomic E-state index is 13.4. The van der Waals surface area contributed by atoms with Gasteiger partial charge in [0.25, 0.3) is 5.92 Å². The molecule has 1 saturated carbocycles. The summed E-state index contributed by atoms with van der Waals surface area (Å²) in [7, 11) is 1.75. The number of halogens is 2. The van der Waals surface area contributed by atoms with E-state index in [0.29, 0.717) is 12.5 Å². The Morgan fingerprint density at radius 2 is 2.00 bits per heavy atom. The standard InChI is InChI=1S/C9H16F2N2/c1-13-5-4-8(9(10,11)6-13)12-7-2-3-7/h7-8,12H,2-6H2,1H3. The van der Waals surface area contributed by atoms with Gasteiger partial charge in [0, 0.05) is 6.04 Å². The SMILES string of the molecule is CN1CCC(NC2CC2)C(F)(F)C1. The van der Waals surface area contributed by atoms with E-state index in [0.717, 1.165) is 19.4 Å². The Kier molecular flexibility index (Phi) is 2.28. The zero-order chi connectivity index (χ0) is 9.47. The summed E-state index contributed by atoms with van der Waals surface area (Å²) >= 11 is 0. The zero-order valence-electron chi connectivity index (χ0n) is 7.89. The van der Waals surface area contributed by atoms with Crippen molar-refractivity contribution in [2.75, 3.05) is 20.1 Å². The summed E-state index contributed by atoms with van der Waals surface area (Å²) in [6.07, 6.45) is 2.71. The molecule has 0 radical (unpaired) electrons. The molecule has 1 aliphatic carbocycles. The molecule has 1 saturated heterocycles. The van der Waals surface area contributed by atoms with Crippen molar-refractivity contribution in [3.63, 3.8) is 0 Å². The molecule has 1 heterocycles. The molecule has 1 atom stereocenters. The van der Waals surface area contributed by atoms with Gasteiger partial charge in [-0.05, 0) is 32.9 Å². The molecule has 0 spiro atoms. The highest BCUT2D eigenvalue weighted by Gasteiger charge is 2.45. The molecular formula is C9H16F2N2. The molecule has 13 heavy (non-hydrogen) atoms. The average Bonchev–Trinajstić information content (AvgIpc) is 2.77. The Balaban J connectivity index is 1.92. The van der Waals surface area contributed by atoms with Crippen LogP contribution in [0, 0.1) is 0 Å². The molecule has 2 aliphatic rings. The van der Waals surface area contributed by atoms with Crippen molar-refractivity contribution in [1.82, 2.24) is 10.2 Å². The predicted molar refractivity (Wildman–Crippen MR) is 47.0 cm³/mol. The fraction of sp³-hybridized carbons (Fsp3) is 1.00. The number of alkyl halides is 2. The molecule has 1 unspecified atom stereocenters. The molecule has 0 bridgehead atoms. The Hall–Kier alpha value is -0.220. The van der Waals surface area contributed by atoms with Gasteiger partial charge in [-0.15, -0.1) is 0 Å². The lowest BCUT2D eigenvalue weighted by atomic mass is 10.0. The second-order valence-corrected chi connectivity index (χ2v) is 4.28. The normalized spacial score (nSPS) is 34.8. The first-order valence-corrected chi connectivity index (χ1v) is 4.90. The monoisotopic (exact) mass is 190 g/mol. The lowest BCUT2D eigenvalue weighted by Gasteiger charge is -2.37. The van der Waals surface area contributed by atoms with Crippen LogP contribution in [0.1, 0.15) is 19.3 Å². The summed E-state index contributed by atoms with van der Waals surface area (Å²) < 4.78 is 26.8. The Morgan fingerprint density at radius 1 is 1.31 bits per heavy atom. The molecule has 76 valence electrons. The van der Waals surface area contributed by atoms with Gasteiger partial charge in [0.15, 0.2) is 0 Å². The minimum absolute atomic E-state index is 0.0998. The van der Waals surface area contributed by atoms with Gasteiger partial charge in [-0.2, -0.15) is 0 Å². The van der Waals surface area contributed by atoms with E-state index in [-0.39, 0.29) is 6.54 Å². The summed E-state index contributed by atoms with van der Waals surface area (Å²) in [6, 6.07) is -0.213. The van der Waals surface area contributed by atoms with Gasteiger partial charge < -0.3 is 10.2 Å². The van der Waals surface area contributed by atoms with Crippen molar-refractivity contribution < 1.29 is 8.78 Å². The molecule has 4 heteroatoms. The number of hydrogen-bond donors (Lipinski definition) is 1. The quantitative estimate of drug-likeness (QED) is 0.701. The van der Waals surface area contributed by atoms with Gasteiger partial charge in [0.2, 0.25) is 0 Å². The van der Waals surface area contributed by atoms with E-state index in [1.807, 2.05) is 0 Å². The number of hydrogen-bond acceptors (Lipinski definition) is 2. The van der Waals surface area contributed by atoms with Crippen molar-refractivity contribution in [3.8, 4) is 0 Å². The lowest BCUT2D eigenvalue weighted by Crippen LogP contribution is -2.56. The first-order chi connectivity index (χ1) is 6.08. The van der Waals surface area contributed by atoms with Gasteiger partial charge in [-0.25, -0.2) is 8.78 Å². The molecule has 1 aliphatic heterocycles. The van der Waals surface area contributed by atoms with Crippen LogP contribution in [0.15, 0.2) is 0 Å². The third kappa shape index (κ3) is 2.17. The van der Waals surface area contributed by atoms with Crippen molar-refractivity contribution in [2.45, 2.75) is 37.3 Å². The van der Waals surface area contributed by atoms with Crippen molar-refractivity contribution in [1.29, 1.82) is 0 Å². The molecule has 0 aromatic rings. The summed E-state index contributed by atoms with van der Waals surface area (Å²) in [4.78, 5) is 1.70. The first-order valence-electron chi connectivity index (χ1n) is 4.90. The van der Waals surface area contributed by atoms with Crippen molar-refractivity contribution in [3.05, 3.63) is 0 Å². The summed E-state index contributed by atoms with van der Waals surface area (Å²) in [5.74, 6) is -2.55. The van der Waals surface area contributed by atoms with Crippen LogP contribution in [0.4, 0.5) is 8.78 Å². The highest BCUT2D eigenvalue weighted by atomic mass is 19.3. The highest BCUT2D eigenvalue weighted by Crippen LogP contribution is 2.30. The van der Waals surface area contributed by atoms with E-state index >= 15 is 0 Å². The van der Waals surface area contributed by atoms with Crippen LogP contribution in [0.25, 0.3) is 0 Å². The number of nitrogens with zero attached hydrogens (tertiary/aromatic N) is 1. The van der Waals surface area contributed by atoms with E-state index in [4.69, 9.17) is 0 Å². The molecule has 0 amide bonds. The number of piperidine rings is 1. The summed E-state index contributed by atoms with van der Waals surface area (Å²) in [6.45, 7) is 0.678. The van der Waals surface area contributed by atoms with Gasteiger partial charge in [0.05, 0.1) is 12.6 Å². The van der Waals surface area contributed by atoms with Crippen molar-refractivity contribution in [2.24, 2.45) is 0 Å². The topological polar surface area (TPSA) is 15.3 Å². The average molecular weight is 190 g/mol. The minimum Gasteiger partial charge on any atom is -0.306 e. The Bertz CT molecular complexity index is 192. The third-order valence-electron chi connectivity index (χ3n) is 2.80. The smallest absolute Gasteiger partial charge is 0.275 e. The van der Waals surface area contributed by atoms with Crippen LogP contribution in [0.5, 0.6) is 0 Å². The van der Waals surface area contributed by atoms with E-state index in [1.165, 1.54) is 0 Å². The van der Waals surface area contributed by atoms with Gasteiger partial charge in [-0.1, -0.05) is 0 Å². The van der Waals surface area contributed by atoms with E-state index in [1.54, 1.807) is 11.9 Å². The molecule has 2 rings (SSSR count). The van der Waals surface area contributed by atoms with Crippen LogP contribution in [0.2, 0.25) is 0 Å². The lowest BCUT2D eigenvalue weighted by molar-refractivity contribution is -0.0847. The maximum Gasteiger partial charge on any atom is 0.275 e. The number of likely N-dealkylation sites (tertiary alicyclic amines) is 1. The first kappa shape index (κ1) is 9.34. The molecule has 2 nitrogen and oxygen atoms in total. The molecule has 0 aromatic heterocycles. The van der Waals surface area contributed by atoms with Gasteiger partial charge in [0.1, 0.15) is 0 Å². The minimum atomic E-state index is -2.55. The third-order valence-corrected chi connectivity index (χ3v) is 2.80. The van der Waals surface area contributed by atoms with Crippen LogP contribution in [-0.2, 0) is 0 Å². The molecule has 1 N–H and O–H groups in total. The highest BCUT2D eigenvalue weighted by molar-refractivity contribution is 4.95. The Labute approximate surface area is 77.3 Å². The second-order valence-electron chi connectivity index (χ2n) is 4.28. The van der Waals surface area contributed by atoms with Gasteiger partial charge >= 0.3 is 0 Å². The van der Waals surface area contributed by atoms with Crippen LogP contribution in [0.3, 0.4) is 0 Å². The van der Waals surface area contributed by atoms with Gasteiger partial charge in [-0.3, -0.25) is 0 Å². The largest absolute Gasteiger partial charge is 0.306 e. The molecule has 2 fully saturated rings. The Morgan fingerprint density at radius 3 is 2.54 bits per heavy atom. The van der Waals surface area contributed by atoms with E-state index < -0.39 is 12.0 Å². The fourth-order valence-corrected chi connectivity index (χ4v) is 1.85. The zero-order valence-corrected chi connectivity index (χ0v) is 7.89. The summed E-state index contributed by atoms with van der Waals surface area (Å²) in [5, 5.41) is 3.03. The van der Waals surface area contributed by atoms with Crippen LogP contribution < -0.4 is 5.32 Å². The van der Waals surface area contributed by atoms with E-state index in [2.05, 4.69) is 5.32 Å². The molecule has 0 aromatic carbocycles. The van der Waals surface area contributed by atoms with E-state index in [9.17, 15) is 8.78 Å². The fourth-order valence-electron chi connectivity index (χ4n) is 1.85. The number of nitrogens with one attached hydrogen (secondary N) is 1.